The first-order valence-corrected chi connectivity index (χ1v) is 5.53. The minimum absolute atomic E-state index is 0.162. The fourth-order valence-electron chi connectivity index (χ4n) is 1.30. The van der Waals surface area contributed by atoms with Crippen molar-refractivity contribution >= 4 is 18.4 Å². The molecule has 0 spiro atoms. The molecule has 0 amide bonds. The summed E-state index contributed by atoms with van der Waals surface area (Å²) in [4.78, 5) is 12.0. The number of hydrogen-bond acceptors (Lipinski definition) is 2. The van der Waals surface area contributed by atoms with E-state index in [0.29, 0.717) is 0 Å². The molecule has 0 aromatic carbocycles. The molecule has 82 valence electrons. The lowest BCUT2D eigenvalue weighted by Gasteiger charge is -2.17. The Labute approximate surface area is 97.4 Å². The number of ketones is 1. The molecule has 0 saturated carbocycles. The molecule has 1 aliphatic carbocycles. The molecule has 1 rings (SSSR count). The van der Waals surface area contributed by atoms with Crippen LogP contribution in [0.25, 0.3) is 0 Å². The van der Waals surface area contributed by atoms with Crippen LogP contribution in [-0.4, -0.2) is 10.5 Å². The smallest absolute Gasteiger partial charge is 0.168 e. The minimum atomic E-state index is -0.332. The van der Waals surface area contributed by atoms with Crippen molar-refractivity contribution < 1.29 is 4.79 Å². The maximum absolute atomic E-state index is 12.0. The van der Waals surface area contributed by atoms with E-state index in [1.165, 1.54) is 0 Å². The largest absolute Gasteiger partial charge is 0.294 e. The SMILES string of the molecule is CC1(S)C=CC=C(C(=O)C(C)(C)C)C=C1. The van der Waals surface area contributed by atoms with Crippen LogP contribution in [0.1, 0.15) is 27.7 Å². The Hall–Kier alpha value is -0.760. The molecule has 0 aromatic heterocycles. The maximum atomic E-state index is 12.0. The Morgan fingerprint density at radius 3 is 2.47 bits per heavy atom. The fraction of sp³-hybridized carbons (Fsp3) is 0.462. The number of Topliss-reactive ketones (excluding diaryl/α,β-unsaturated/α-hetero) is 1. The highest BCUT2D eigenvalue weighted by Gasteiger charge is 2.24. The van der Waals surface area contributed by atoms with E-state index in [1.807, 2.05) is 58.1 Å². The third-order valence-electron chi connectivity index (χ3n) is 2.25. The van der Waals surface area contributed by atoms with Crippen LogP contribution in [0.3, 0.4) is 0 Å². The maximum Gasteiger partial charge on any atom is 0.168 e. The molecular weight excluding hydrogens is 204 g/mol. The van der Waals surface area contributed by atoms with E-state index >= 15 is 0 Å². The summed E-state index contributed by atoms with van der Waals surface area (Å²) >= 11 is 4.45. The van der Waals surface area contributed by atoms with Gasteiger partial charge in [-0.3, -0.25) is 4.79 Å². The van der Waals surface area contributed by atoms with Gasteiger partial charge in [0.25, 0.3) is 0 Å². The molecule has 2 heteroatoms. The molecule has 0 saturated heterocycles. The van der Waals surface area contributed by atoms with Crippen LogP contribution in [-0.2, 0) is 4.79 Å². The summed E-state index contributed by atoms with van der Waals surface area (Å²) in [6.45, 7) is 7.77. The van der Waals surface area contributed by atoms with Crippen LogP contribution in [0, 0.1) is 5.41 Å². The second-order valence-electron chi connectivity index (χ2n) is 5.12. The van der Waals surface area contributed by atoms with Crippen LogP contribution in [0.4, 0.5) is 0 Å². The molecule has 0 N–H and O–H groups in total. The Kier molecular flexibility index (Phi) is 3.29. The number of rotatable bonds is 1. The zero-order valence-electron chi connectivity index (χ0n) is 9.74. The lowest BCUT2D eigenvalue weighted by Crippen LogP contribution is -2.21. The van der Waals surface area contributed by atoms with Crippen LogP contribution in [0.5, 0.6) is 0 Å². The first kappa shape index (κ1) is 12.3. The second-order valence-corrected chi connectivity index (χ2v) is 6.08. The first-order valence-electron chi connectivity index (χ1n) is 5.08. The summed E-state index contributed by atoms with van der Waals surface area (Å²) in [6, 6.07) is 0. The number of hydrogen-bond donors (Lipinski definition) is 1. The zero-order chi connectivity index (χ0) is 11.7. The van der Waals surface area contributed by atoms with Gasteiger partial charge in [0.05, 0.1) is 0 Å². The summed E-state index contributed by atoms with van der Waals surface area (Å²) in [5.74, 6) is 0.162. The van der Waals surface area contributed by atoms with Gasteiger partial charge in [0.15, 0.2) is 5.78 Å². The van der Waals surface area contributed by atoms with Crippen molar-refractivity contribution in [2.75, 3.05) is 0 Å². The van der Waals surface area contributed by atoms with Gasteiger partial charge in [0.1, 0.15) is 0 Å². The zero-order valence-corrected chi connectivity index (χ0v) is 10.6. The fourth-order valence-corrected chi connectivity index (χ4v) is 1.46. The molecular formula is C13H18OS. The van der Waals surface area contributed by atoms with Crippen molar-refractivity contribution in [2.24, 2.45) is 5.41 Å². The van der Waals surface area contributed by atoms with E-state index in [0.717, 1.165) is 5.57 Å². The summed E-state index contributed by atoms with van der Waals surface area (Å²) in [6.07, 6.45) is 9.52. The van der Waals surface area contributed by atoms with Crippen molar-refractivity contribution in [3.63, 3.8) is 0 Å². The molecule has 0 fully saturated rings. The molecule has 1 aliphatic rings. The predicted molar refractivity (Wildman–Crippen MR) is 68.2 cm³/mol. The third kappa shape index (κ3) is 3.38. The van der Waals surface area contributed by atoms with Gasteiger partial charge in [-0.2, -0.15) is 12.6 Å². The van der Waals surface area contributed by atoms with Crippen molar-refractivity contribution in [3.05, 3.63) is 36.0 Å². The highest BCUT2D eigenvalue weighted by atomic mass is 32.1. The van der Waals surface area contributed by atoms with E-state index in [9.17, 15) is 4.79 Å². The van der Waals surface area contributed by atoms with Crippen LogP contribution < -0.4 is 0 Å². The van der Waals surface area contributed by atoms with Crippen LogP contribution >= 0.6 is 12.6 Å². The van der Waals surface area contributed by atoms with Gasteiger partial charge in [-0.25, -0.2) is 0 Å². The van der Waals surface area contributed by atoms with Gasteiger partial charge in [-0.1, -0.05) is 51.2 Å². The Morgan fingerprint density at radius 1 is 1.33 bits per heavy atom. The Morgan fingerprint density at radius 2 is 1.93 bits per heavy atom. The quantitative estimate of drug-likeness (QED) is 0.673. The van der Waals surface area contributed by atoms with E-state index in [1.54, 1.807) is 0 Å². The topological polar surface area (TPSA) is 17.1 Å². The normalized spacial score (nSPS) is 26.1. The van der Waals surface area contributed by atoms with Gasteiger partial charge in [-0.05, 0) is 6.92 Å². The van der Waals surface area contributed by atoms with Gasteiger partial charge in [-0.15, -0.1) is 0 Å². The molecule has 0 radical (unpaired) electrons. The molecule has 1 unspecified atom stereocenters. The van der Waals surface area contributed by atoms with Gasteiger partial charge < -0.3 is 0 Å². The van der Waals surface area contributed by atoms with Gasteiger partial charge in [0.2, 0.25) is 0 Å². The van der Waals surface area contributed by atoms with Crippen molar-refractivity contribution in [3.8, 4) is 0 Å². The van der Waals surface area contributed by atoms with Crippen LogP contribution in [0.2, 0.25) is 0 Å². The lowest BCUT2D eigenvalue weighted by molar-refractivity contribution is -0.122. The Balaban J connectivity index is 2.97. The summed E-state index contributed by atoms with van der Waals surface area (Å²) in [5.41, 5.74) is 0.415. The van der Waals surface area contributed by atoms with E-state index in [-0.39, 0.29) is 15.9 Å². The molecule has 15 heavy (non-hydrogen) atoms. The van der Waals surface area contributed by atoms with Crippen molar-refractivity contribution in [1.82, 2.24) is 0 Å². The number of carbonyl (C=O) groups excluding carboxylic acids is 1. The Bertz CT molecular complexity index is 351. The average Bonchev–Trinajstić information content (AvgIpc) is 2.23. The first-order chi connectivity index (χ1) is 6.72. The van der Waals surface area contributed by atoms with Crippen molar-refractivity contribution in [2.45, 2.75) is 32.4 Å². The highest BCUT2D eigenvalue weighted by Crippen LogP contribution is 2.25. The number of carbonyl (C=O) groups is 1. The molecule has 1 atom stereocenters. The monoisotopic (exact) mass is 222 g/mol. The molecule has 1 nitrogen and oxygen atoms in total. The molecule has 0 bridgehead atoms. The predicted octanol–water partition coefficient (Wildman–Crippen LogP) is 3.34. The highest BCUT2D eigenvalue weighted by molar-refractivity contribution is 7.82. The summed E-state index contributed by atoms with van der Waals surface area (Å²) in [7, 11) is 0. The third-order valence-corrected chi connectivity index (χ3v) is 2.55. The molecule has 0 aliphatic heterocycles. The van der Waals surface area contributed by atoms with Crippen LogP contribution in [0.15, 0.2) is 36.0 Å². The second kappa shape index (κ2) is 4.01. The molecule has 0 heterocycles. The standard InChI is InChI=1S/C13H18OS/c1-12(2,3)11(14)10-6-5-8-13(4,15)9-7-10/h5-9,15H,1-4H3. The minimum Gasteiger partial charge on any atom is -0.294 e. The van der Waals surface area contributed by atoms with E-state index < -0.39 is 0 Å². The molecule has 0 aromatic rings. The van der Waals surface area contributed by atoms with E-state index in [2.05, 4.69) is 12.6 Å². The number of thiol groups is 1. The van der Waals surface area contributed by atoms with Crippen molar-refractivity contribution in [1.29, 1.82) is 0 Å². The number of allylic oxidation sites excluding steroid dienone is 4. The summed E-state index contributed by atoms with van der Waals surface area (Å²) < 4.78 is -0.267. The lowest BCUT2D eigenvalue weighted by atomic mass is 9.86. The van der Waals surface area contributed by atoms with Gasteiger partial charge in [0, 0.05) is 15.7 Å². The van der Waals surface area contributed by atoms with Gasteiger partial charge >= 0.3 is 0 Å². The van der Waals surface area contributed by atoms with E-state index in [4.69, 9.17) is 0 Å². The summed E-state index contributed by atoms with van der Waals surface area (Å²) in [5, 5.41) is 0. The average molecular weight is 222 g/mol.